The van der Waals surface area contributed by atoms with Crippen molar-refractivity contribution in [2.75, 3.05) is 12.4 Å². The molecule has 0 saturated carbocycles. The molecule has 0 fully saturated rings. The van der Waals surface area contributed by atoms with Crippen LogP contribution in [0.25, 0.3) is 0 Å². The lowest BCUT2D eigenvalue weighted by molar-refractivity contribution is -0.124. The Bertz CT molecular complexity index is 874. The summed E-state index contributed by atoms with van der Waals surface area (Å²) in [5.74, 6) is 1.41. The summed E-state index contributed by atoms with van der Waals surface area (Å²) in [6, 6.07) is 15.3. The molecule has 0 aliphatic heterocycles. The number of ether oxygens (including phenoxy) is 1. The van der Waals surface area contributed by atoms with E-state index in [2.05, 4.69) is 34.9 Å². The monoisotopic (exact) mass is 427 g/mol. The average Bonchev–Trinajstić information content (AvgIpc) is 2.67. The number of nitrogens with one attached hydrogen (secondary N) is 2. The van der Waals surface area contributed by atoms with Crippen LogP contribution in [-0.4, -0.2) is 35.9 Å². The van der Waals surface area contributed by atoms with Crippen molar-refractivity contribution in [1.82, 2.24) is 10.7 Å². The van der Waals surface area contributed by atoms with Crippen molar-refractivity contribution in [3.05, 3.63) is 65.2 Å². The van der Waals surface area contributed by atoms with Gasteiger partial charge in [0.15, 0.2) is 6.61 Å². The third-order valence-electron chi connectivity index (χ3n) is 3.92. The van der Waals surface area contributed by atoms with Crippen molar-refractivity contribution < 1.29 is 14.3 Å². The van der Waals surface area contributed by atoms with Crippen LogP contribution < -0.4 is 15.5 Å². The number of carbonyl (C=O) groups is 2. The zero-order valence-corrected chi connectivity index (χ0v) is 18.7. The predicted molar refractivity (Wildman–Crippen MR) is 123 cm³/mol. The van der Waals surface area contributed by atoms with E-state index in [9.17, 15) is 9.59 Å². The molecule has 2 aromatic rings. The van der Waals surface area contributed by atoms with Crippen LogP contribution in [0.5, 0.6) is 5.75 Å². The highest BCUT2D eigenvalue weighted by Gasteiger charge is 2.13. The highest BCUT2D eigenvalue weighted by molar-refractivity contribution is 7.99. The Kier molecular flexibility index (Phi) is 8.92. The van der Waals surface area contributed by atoms with E-state index in [0.717, 1.165) is 11.3 Å². The van der Waals surface area contributed by atoms with E-state index < -0.39 is 0 Å². The van der Waals surface area contributed by atoms with Gasteiger partial charge in [0.2, 0.25) is 5.91 Å². The summed E-state index contributed by atoms with van der Waals surface area (Å²) in [5, 5.41) is 6.82. The Morgan fingerprint density at radius 3 is 2.43 bits per heavy atom. The fourth-order valence-electron chi connectivity index (χ4n) is 2.49. The summed E-state index contributed by atoms with van der Waals surface area (Å²) in [7, 11) is 0. The fourth-order valence-corrected chi connectivity index (χ4v) is 3.39. The molecule has 2 rings (SSSR count). The third kappa shape index (κ3) is 9.13. The lowest BCUT2D eigenvalue weighted by Gasteiger charge is -2.20. The van der Waals surface area contributed by atoms with Crippen molar-refractivity contribution >= 4 is 29.8 Å². The second kappa shape index (κ2) is 11.4. The Morgan fingerprint density at radius 1 is 1.07 bits per heavy atom. The lowest BCUT2D eigenvalue weighted by atomic mass is 10.1. The first kappa shape index (κ1) is 23.5. The summed E-state index contributed by atoms with van der Waals surface area (Å²) >= 11 is 1.55. The lowest BCUT2D eigenvalue weighted by Crippen LogP contribution is -2.43. The molecule has 0 aromatic heterocycles. The van der Waals surface area contributed by atoms with Gasteiger partial charge in [-0.25, -0.2) is 5.43 Å². The minimum Gasteiger partial charge on any atom is -0.484 e. The van der Waals surface area contributed by atoms with Gasteiger partial charge < -0.3 is 10.1 Å². The first-order chi connectivity index (χ1) is 14.2. The van der Waals surface area contributed by atoms with Gasteiger partial charge in [-0.2, -0.15) is 5.10 Å². The van der Waals surface area contributed by atoms with Crippen LogP contribution in [0.15, 0.2) is 53.6 Å². The molecule has 0 heterocycles. The van der Waals surface area contributed by atoms with Gasteiger partial charge in [-0.1, -0.05) is 24.3 Å². The molecule has 0 radical (unpaired) electrons. The predicted octanol–water partition coefficient (Wildman–Crippen LogP) is 3.67. The van der Waals surface area contributed by atoms with E-state index in [-0.39, 0.29) is 24.0 Å². The van der Waals surface area contributed by atoms with Gasteiger partial charge in [0, 0.05) is 11.3 Å². The topological polar surface area (TPSA) is 79.8 Å². The summed E-state index contributed by atoms with van der Waals surface area (Å²) < 4.78 is 5.47. The molecule has 2 amide bonds. The number of amides is 2. The summed E-state index contributed by atoms with van der Waals surface area (Å²) in [6.07, 6.45) is 1.57. The molecule has 2 aromatic carbocycles. The number of hydrazone groups is 1. The van der Waals surface area contributed by atoms with Crippen LogP contribution in [0, 0.1) is 6.92 Å². The number of rotatable bonds is 9. The van der Waals surface area contributed by atoms with E-state index in [0.29, 0.717) is 11.5 Å². The van der Waals surface area contributed by atoms with Gasteiger partial charge in [0.1, 0.15) is 5.75 Å². The second-order valence-corrected chi connectivity index (χ2v) is 8.85. The SMILES string of the molecule is Cc1ccccc1CSCC(=O)N/N=C\c1ccc(OCC(=O)NC(C)(C)C)cc1. The quantitative estimate of drug-likeness (QED) is 0.473. The Labute approximate surface area is 182 Å². The molecule has 0 spiro atoms. The largest absolute Gasteiger partial charge is 0.484 e. The number of carbonyl (C=O) groups excluding carboxylic acids is 2. The van der Waals surface area contributed by atoms with Crippen LogP contribution in [0.2, 0.25) is 0 Å². The maximum atomic E-state index is 11.9. The average molecular weight is 428 g/mol. The normalized spacial score (nSPS) is 11.3. The molecule has 30 heavy (non-hydrogen) atoms. The molecule has 6 nitrogen and oxygen atoms in total. The highest BCUT2D eigenvalue weighted by atomic mass is 32.2. The van der Waals surface area contributed by atoms with Gasteiger partial charge in [0.25, 0.3) is 5.91 Å². The summed E-state index contributed by atoms with van der Waals surface area (Å²) in [6.45, 7) is 7.78. The Hall–Kier alpha value is -2.80. The Morgan fingerprint density at radius 2 is 1.77 bits per heavy atom. The molecule has 0 aliphatic carbocycles. The summed E-state index contributed by atoms with van der Waals surface area (Å²) in [4.78, 5) is 23.7. The summed E-state index contributed by atoms with van der Waals surface area (Å²) in [5.41, 5.74) is 5.52. The molecule has 7 heteroatoms. The molecule has 160 valence electrons. The minimum atomic E-state index is -0.288. The maximum Gasteiger partial charge on any atom is 0.258 e. The molecule has 0 bridgehead atoms. The molecule has 0 unspecified atom stereocenters. The van der Waals surface area contributed by atoms with E-state index in [1.807, 2.05) is 32.9 Å². The maximum absolute atomic E-state index is 11.9. The third-order valence-corrected chi connectivity index (χ3v) is 4.90. The van der Waals surface area contributed by atoms with Crippen molar-refractivity contribution in [1.29, 1.82) is 0 Å². The van der Waals surface area contributed by atoms with E-state index in [1.54, 1.807) is 42.2 Å². The van der Waals surface area contributed by atoms with Gasteiger partial charge >= 0.3 is 0 Å². The van der Waals surface area contributed by atoms with Crippen molar-refractivity contribution in [3.8, 4) is 5.75 Å². The fraction of sp³-hybridized carbons (Fsp3) is 0.348. The first-order valence-corrected chi connectivity index (χ1v) is 10.9. The van der Waals surface area contributed by atoms with Gasteiger partial charge in [-0.15, -0.1) is 11.8 Å². The van der Waals surface area contributed by atoms with Crippen LogP contribution in [0.3, 0.4) is 0 Å². The number of hydrogen-bond donors (Lipinski definition) is 2. The highest BCUT2D eigenvalue weighted by Crippen LogP contribution is 2.15. The van der Waals surface area contributed by atoms with Gasteiger partial charge in [-0.3, -0.25) is 9.59 Å². The number of thioether (sulfide) groups is 1. The van der Waals surface area contributed by atoms with E-state index >= 15 is 0 Å². The standard InChI is InChI=1S/C23H29N3O3S/c1-17-7-5-6-8-19(17)15-30-16-22(28)26-24-13-18-9-11-20(12-10-18)29-14-21(27)25-23(2,3)4/h5-13H,14-16H2,1-4H3,(H,25,27)(H,26,28)/b24-13-. The molecule has 0 atom stereocenters. The first-order valence-electron chi connectivity index (χ1n) is 9.71. The zero-order chi connectivity index (χ0) is 22.0. The Balaban J connectivity index is 1.70. The number of aryl methyl sites for hydroxylation is 1. The van der Waals surface area contributed by atoms with E-state index in [4.69, 9.17) is 4.74 Å². The van der Waals surface area contributed by atoms with E-state index in [1.165, 1.54) is 11.1 Å². The second-order valence-electron chi connectivity index (χ2n) is 7.87. The smallest absolute Gasteiger partial charge is 0.258 e. The molecular formula is C23H29N3O3S. The van der Waals surface area contributed by atoms with Crippen LogP contribution >= 0.6 is 11.8 Å². The zero-order valence-electron chi connectivity index (χ0n) is 17.9. The molecule has 2 N–H and O–H groups in total. The number of nitrogens with zero attached hydrogens (tertiary/aromatic N) is 1. The molecule has 0 aliphatic rings. The molecular weight excluding hydrogens is 398 g/mol. The molecule has 0 saturated heterocycles. The van der Waals surface area contributed by atoms with Crippen molar-refractivity contribution in [3.63, 3.8) is 0 Å². The van der Waals surface area contributed by atoms with Crippen LogP contribution in [0.4, 0.5) is 0 Å². The number of hydrogen-bond acceptors (Lipinski definition) is 5. The number of benzene rings is 2. The van der Waals surface area contributed by atoms with Gasteiger partial charge in [0.05, 0.1) is 12.0 Å². The van der Waals surface area contributed by atoms with Crippen LogP contribution in [-0.2, 0) is 15.3 Å². The minimum absolute atomic E-state index is 0.0407. The van der Waals surface area contributed by atoms with Gasteiger partial charge in [-0.05, 0) is 68.7 Å². The van der Waals surface area contributed by atoms with Crippen molar-refractivity contribution in [2.45, 2.75) is 39.0 Å². The van der Waals surface area contributed by atoms with Crippen molar-refractivity contribution in [2.24, 2.45) is 5.10 Å². The van der Waals surface area contributed by atoms with Crippen LogP contribution in [0.1, 0.15) is 37.5 Å².